The molecule has 3 N–H and O–H groups in total. The van der Waals surface area contributed by atoms with Gasteiger partial charge in [0.25, 0.3) is 0 Å². The van der Waals surface area contributed by atoms with Crippen molar-refractivity contribution in [3.8, 4) is 0 Å². The number of nitrogens with two attached hydrogens (primary N) is 1. The summed E-state index contributed by atoms with van der Waals surface area (Å²) in [4.78, 5) is 14.1. The molecular weight excluding hydrogens is 226 g/mol. The molecule has 100 valence electrons. The highest BCUT2D eigenvalue weighted by Crippen LogP contribution is 2.19. The number of amides is 1. The van der Waals surface area contributed by atoms with E-state index in [2.05, 4.69) is 5.32 Å². The molecule has 1 aromatic rings. The molecule has 1 unspecified atom stereocenters. The monoisotopic (exact) mass is 249 g/mol. The van der Waals surface area contributed by atoms with Gasteiger partial charge in [0.2, 0.25) is 5.91 Å². The van der Waals surface area contributed by atoms with Crippen molar-refractivity contribution in [2.45, 2.75) is 13.8 Å². The third kappa shape index (κ3) is 3.74. The highest BCUT2D eigenvalue weighted by Gasteiger charge is 2.20. The lowest BCUT2D eigenvalue weighted by atomic mass is 9.95. The van der Waals surface area contributed by atoms with E-state index in [1.54, 1.807) is 0 Å². The first-order valence-electron chi connectivity index (χ1n) is 6.24. The molecule has 18 heavy (non-hydrogen) atoms. The first-order chi connectivity index (χ1) is 8.45. The predicted octanol–water partition coefficient (Wildman–Crippen LogP) is 1.92. The van der Waals surface area contributed by atoms with E-state index in [4.69, 9.17) is 5.73 Å². The molecule has 0 saturated heterocycles. The van der Waals surface area contributed by atoms with Gasteiger partial charge in [0, 0.05) is 32.0 Å². The van der Waals surface area contributed by atoms with E-state index < -0.39 is 0 Å². The van der Waals surface area contributed by atoms with Gasteiger partial charge in [-0.25, -0.2) is 0 Å². The molecule has 4 nitrogen and oxygen atoms in total. The maximum atomic E-state index is 12.1. The van der Waals surface area contributed by atoms with Gasteiger partial charge in [0.15, 0.2) is 0 Å². The van der Waals surface area contributed by atoms with Crippen LogP contribution in [-0.4, -0.2) is 26.5 Å². The fourth-order valence-corrected chi connectivity index (χ4v) is 1.78. The zero-order chi connectivity index (χ0) is 13.7. The van der Waals surface area contributed by atoms with Crippen LogP contribution in [0.1, 0.15) is 13.8 Å². The van der Waals surface area contributed by atoms with Crippen molar-refractivity contribution in [2.75, 3.05) is 30.9 Å². The van der Waals surface area contributed by atoms with Gasteiger partial charge in [0.1, 0.15) is 0 Å². The van der Waals surface area contributed by atoms with Gasteiger partial charge in [-0.2, -0.15) is 0 Å². The molecule has 0 heterocycles. The Morgan fingerprint density at radius 3 is 2.56 bits per heavy atom. The number of hydrogen-bond acceptors (Lipinski definition) is 3. The van der Waals surface area contributed by atoms with Crippen LogP contribution in [-0.2, 0) is 4.79 Å². The van der Waals surface area contributed by atoms with E-state index in [0.717, 1.165) is 11.4 Å². The Morgan fingerprint density at radius 2 is 2.06 bits per heavy atom. The largest absolute Gasteiger partial charge is 0.378 e. The number of carbonyl (C=O) groups is 1. The van der Waals surface area contributed by atoms with Gasteiger partial charge in [-0.3, -0.25) is 4.79 Å². The first-order valence-corrected chi connectivity index (χ1v) is 6.24. The fraction of sp³-hybridized carbons (Fsp3) is 0.500. The molecule has 0 aliphatic carbocycles. The molecule has 1 atom stereocenters. The highest BCUT2D eigenvalue weighted by atomic mass is 16.1. The molecule has 0 bridgehead atoms. The smallest absolute Gasteiger partial charge is 0.229 e. The topological polar surface area (TPSA) is 58.4 Å². The van der Waals surface area contributed by atoms with Crippen molar-refractivity contribution < 1.29 is 4.79 Å². The highest BCUT2D eigenvalue weighted by molar-refractivity contribution is 5.93. The van der Waals surface area contributed by atoms with Gasteiger partial charge >= 0.3 is 0 Å². The van der Waals surface area contributed by atoms with Gasteiger partial charge in [-0.05, 0) is 24.1 Å². The number of nitrogens with zero attached hydrogens (tertiary/aromatic N) is 1. The van der Waals surface area contributed by atoms with E-state index in [-0.39, 0.29) is 17.7 Å². The van der Waals surface area contributed by atoms with Gasteiger partial charge < -0.3 is 16.0 Å². The summed E-state index contributed by atoms with van der Waals surface area (Å²) in [5, 5.41) is 2.92. The Kier molecular flexibility index (Phi) is 5.16. The summed E-state index contributed by atoms with van der Waals surface area (Å²) >= 11 is 0. The van der Waals surface area contributed by atoms with Crippen molar-refractivity contribution in [3.63, 3.8) is 0 Å². The number of carbonyl (C=O) groups excluding carboxylic acids is 1. The Balaban J connectivity index is 2.78. The van der Waals surface area contributed by atoms with E-state index in [1.807, 2.05) is 57.1 Å². The molecule has 1 rings (SSSR count). The van der Waals surface area contributed by atoms with Crippen molar-refractivity contribution in [2.24, 2.45) is 17.6 Å². The van der Waals surface area contributed by atoms with Gasteiger partial charge in [-0.1, -0.05) is 19.9 Å². The summed E-state index contributed by atoms with van der Waals surface area (Å²) in [6.45, 7) is 4.39. The maximum absolute atomic E-state index is 12.1. The second-order valence-corrected chi connectivity index (χ2v) is 5.02. The standard InChI is InChI=1S/C14H23N3O/c1-10(2)13(9-15)14(18)16-11-6-5-7-12(8-11)17(3)4/h5-8,10,13H,9,15H2,1-4H3,(H,16,18). The molecule has 0 aromatic heterocycles. The lowest BCUT2D eigenvalue weighted by Gasteiger charge is -2.19. The van der Waals surface area contributed by atoms with Crippen molar-refractivity contribution in [1.82, 2.24) is 0 Å². The Labute approximate surface area is 109 Å². The second-order valence-electron chi connectivity index (χ2n) is 5.02. The number of nitrogens with one attached hydrogen (secondary N) is 1. The molecule has 0 spiro atoms. The first kappa shape index (κ1) is 14.5. The van der Waals surface area contributed by atoms with Crippen LogP contribution in [0.3, 0.4) is 0 Å². The van der Waals surface area contributed by atoms with Crippen molar-refractivity contribution in [3.05, 3.63) is 24.3 Å². The summed E-state index contributed by atoms with van der Waals surface area (Å²) in [6.07, 6.45) is 0. The lowest BCUT2D eigenvalue weighted by Crippen LogP contribution is -2.33. The number of anilines is 2. The average molecular weight is 249 g/mol. The maximum Gasteiger partial charge on any atom is 0.229 e. The molecule has 1 amide bonds. The van der Waals surface area contributed by atoms with Crippen LogP contribution in [0.5, 0.6) is 0 Å². The van der Waals surface area contributed by atoms with Crippen molar-refractivity contribution in [1.29, 1.82) is 0 Å². The Hall–Kier alpha value is -1.55. The van der Waals surface area contributed by atoms with Crippen LogP contribution < -0.4 is 16.0 Å². The van der Waals surface area contributed by atoms with Crippen LogP contribution in [0.2, 0.25) is 0 Å². The fourth-order valence-electron chi connectivity index (χ4n) is 1.78. The predicted molar refractivity (Wildman–Crippen MR) is 76.8 cm³/mol. The zero-order valence-corrected chi connectivity index (χ0v) is 11.6. The van der Waals surface area contributed by atoms with E-state index >= 15 is 0 Å². The molecule has 0 aliphatic rings. The second kappa shape index (κ2) is 6.40. The van der Waals surface area contributed by atoms with Crippen LogP contribution in [0, 0.1) is 11.8 Å². The minimum atomic E-state index is -0.145. The Morgan fingerprint density at radius 1 is 1.39 bits per heavy atom. The molecule has 4 heteroatoms. The molecular formula is C14H23N3O. The normalized spacial score (nSPS) is 12.3. The van der Waals surface area contributed by atoms with E-state index in [1.165, 1.54) is 0 Å². The molecule has 0 saturated carbocycles. The number of benzene rings is 1. The summed E-state index contributed by atoms with van der Waals surface area (Å²) in [7, 11) is 3.94. The van der Waals surface area contributed by atoms with Gasteiger partial charge in [0.05, 0.1) is 5.92 Å². The minimum absolute atomic E-state index is 0.0107. The lowest BCUT2D eigenvalue weighted by molar-refractivity contribution is -0.120. The third-order valence-corrected chi connectivity index (χ3v) is 3.03. The van der Waals surface area contributed by atoms with Crippen LogP contribution in [0.25, 0.3) is 0 Å². The summed E-state index contributed by atoms with van der Waals surface area (Å²) in [5.74, 6) is 0.0865. The van der Waals surface area contributed by atoms with Crippen molar-refractivity contribution >= 4 is 17.3 Å². The zero-order valence-electron chi connectivity index (χ0n) is 11.6. The van der Waals surface area contributed by atoms with E-state index in [9.17, 15) is 4.79 Å². The summed E-state index contributed by atoms with van der Waals surface area (Å²) in [6, 6.07) is 7.76. The van der Waals surface area contributed by atoms with Crippen LogP contribution >= 0.6 is 0 Å². The number of rotatable bonds is 5. The quantitative estimate of drug-likeness (QED) is 0.838. The van der Waals surface area contributed by atoms with Gasteiger partial charge in [-0.15, -0.1) is 0 Å². The average Bonchev–Trinajstić information content (AvgIpc) is 2.29. The summed E-state index contributed by atoms with van der Waals surface area (Å²) < 4.78 is 0. The number of hydrogen-bond donors (Lipinski definition) is 2. The molecule has 1 aromatic carbocycles. The van der Waals surface area contributed by atoms with E-state index in [0.29, 0.717) is 6.54 Å². The van der Waals surface area contributed by atoms with Crippen LogP contribution in [0.4, 0.5) is 11.4 Å². The molecule has 0 fully saturated rings. The van der Waals surface area contributed by atoms with Crippen LogP contribution in [0.15, 0.2) is 24.3 Å². The SMILES string of the molecule is CC(C)C(CN)C(=O)Nc1cccc(N(C)C)c1. The molecule has 0 aliphatic heterocycles. The summed E-state index contributed by atoms with van der Waals surface area (Å²) in [5.41, 5.74) is 7.50. The minimum Gasteiger partial charge on any atom is -0.378 e. The Bertz CT molecular complexity index is 402. The third-order valence-electron chi connectivity index (χ3n) is 3.03. The molecule has 0 radical (unpaired) electrons.